The molecule has 1 N–H and O–H groups in total. The van der Waals surface area contributed by atoms with Crippen molar-refractivity contribution in [1.29, 1.82) is 0 Å². The van der Waals surface area contributed by atoms with Crippen LogP contribution in [-0.2, 0) is 6.42 Å². The molecule has 1 rings (SSSR count). The quantitative estimate of drug-likeness (QED) is 0.592. The lowest BCUT2D eigenvalue weighted by Crippen LogP contribution is -2.27. The van der Waals surface area contributed by atoms with E-state index < -0.39 is 0 Å². The third-order valence-electron chi connectivity index (χ3n) is 3.88. The van der Waals surface area contributed by atoms with Gasteiger partial charge in [0.2, 0.25) is 0 Å². The van der Waals surface area contributed by atoms with Crippen LogP contribution < -0.4 is 5.32 Å². The van der Waals surface area contributed by atoms with Crippen molar-refractivity contribution < 1.29 is 0 Å². The summed E-state index contributed by atoms with van der Waals surface area (Å²) in [5, 5.41) is 3.47. The van der Waals surface area contributed by atoms with Gasteiger partial charge in [0, 0.05) is 6.04 Å². The molecular formula is C18H31N. The van der Waals surface area contributed by atoms with Crippen molar-refractivity contribution in [2.45, 2.75) is 71.3 Å². The van der Waals surface area contributed by atoms with Crippen LogP contribution in [-0.4, -0.2) is 13.1 Å². The van der Waals surface area contributed by atoms with E-state index >= 15 is 0 Å². The van der Waals surface area contributed by atoms with E-state index in [2.05, 4.69) is 50.5 Å². The van der Waals surface area contributed by atoms with Gasteiger partial charge in [-0.15, -0.1) is 0 Å². The first-order valence-electron chi connectivity index (χ1n) is 7.99. The second-order valence-electron chi connectivity index (χ2n) is 5.74. The largest absolute Gasteiger partial charge is 0.317 e. The summed E-state index contributed by atoms with van der Waals surface area (Å²) in [6, 6.07) is 9.53. The molecule has 0 aliphatic carbocycles. The molecule has 0 saturated carbocycles. The summed E-state index contributed by atoms with van der Waals surface area (Å²) in [5.41, 5.74) is 2.83. The molecule has 1 nitrogen and oxygen atoms in total. The van der Waals surface area contributed by atoms with Gasteiger partial charge in [-0.2, -0.15) is 0 Å². The Morgan fingerprint density at radius 1 is 1.05 bits per heavy atom. The highest BCUT2D eigenvalue weighted by Gasteiger charge is 2.07. The summed E-state index contributed by atoms with van der Waals surface area (Å²) in [6.45, 7) is 4.45. The molecule has 1 aromatic rings. The Morgan fingerprint density at radius 2 is 1.79 bits per heavy atom. The van der Waals surface area contributed by atoms with Gasteiger partial charge in [0.25, 0.3) is 0 Å². The maximum atomic E-state index is 3.47. The van der Waals surface area contributed by atoms with Crippen molar-refractivity contribution in [2.24, 2.45) is 0 Å². The van der Waals surface area contributed by atoms with Crippen molar-refractivity contribution in [3.8, 4) is 0 Å². The van der Waals surface area contributed by atoms with E-state index in [4.69, 9.17) is 0 Å². The number of rotatable bonds is 10. The minimum Gasteiger partial charge on any atom is -0.317 e. The number of nitrogens with one attached hydrogen (secondary N) is 1. The zero-order valence-corrected chi connectivity index (χ0v) is 13.0. The van der Waals surface area contributed by atoms with E-state index in [1.54, 1.807) is 0 Å². The van der Waals surface area contributed by atoms with Gasteiger partial charge >= 0.3 is 0 Å². The summed E-state index contributed by atoms with van der Waals surface area (Å²) >= 11 is 0. The van der Waals surface area contributed by atoms with E-state index in [0.717, 1.165) is 6.42 Å². The van der Waals surface area contributed by atoms with E-state index in [0.29, 0.717) is 6.04 Å². The smallest absolute Gasteiger partial charge is 0.0104 e. The number of unbranched alkanes of at least 4 members (excludes halogenated alkanes) is 5. The molecule has 1 heteroatoms. The Kier molecular flexibility index (Phi) is 8.57. The fourth-order valence-electron chi connectivity index (χ4n) is 2.64. The second-order valence-corrected chi connectivity index (χ2v) is 5.74. The molecule has 0 aliphatic rings. The molecule has 1 atom stereocenters. The number of likely N-dealkylation sites (N-methyl/N-ethyl adjacent to an activating group) is 1. The number of aryl methyl sites for hydroxylation is 1. The summed E-state index contributed by atoms with van der Waals surface area (Å²) < 4.78 is 0. The summed E-state index contributed by atoms with van der Waals surface area (Å²) in [5.74, 6) is 0. The van der Waals surface area contributed by atoms with Gasteiger partial charge in [-0.3, -0.25) is 0 Å². The lowest BCUT2D eigenvalue weighted by molar-refractivity contribution is 0.480. The van der Waals surface area contributed by atoms with Crippen LogP contribution in [0.4, 0.5) is 0 Å². The van der Waals surface area contributed by atoms with Gasteiger partial charge in [0.15, 0.2) is 0 Å². The summed E-state index contributed by atoms with van der Waals surface area (Å²) in [4.78, 5) is 0. The van der Waals surface area contributed by atoms with Gasteiger partial charge in [-0.25, -0.2) is 0 Å². The first kappa shape index (κ1) is 16.2. The van der Waals surface area contributed by atoms with Crippen LogP contribution in [0.1, 0.15) is 63.0 Å². The monoisotopic (exact) mass is 261 g/mol. The minimum atomic E-state index is 0.632. The first-order valence-corrected chi connectivity index (χ1v) is 7.99. The molecule has 0 saturated heterocycles. The normalized spacial score (nSPS) is 12.6. The Hall–Kier alpha value is -0.820. The molecular weight excluding hydrogens is 230 g/mol. The molecule has 0 aliphatic heterocycles. The Balaban J connectivity index is 2.22. The molecule has 0 fully saturated rings. The highest BCUT2D eigenvalue weighted by Crippen LogP contribution is 2.13. The molecule has 108 valence electrons. The van der Waals surface area contributed by atoms with Crippen LogP contribution >= 0.6 is 0 Å². The van der Waals surface area contributed by atoms with Crippen LogP contribution in [0.5, 0.6) is 0 Å². The molecule has 0 spiro atoms. The van der Waals surface area contributed by atoms with E-state index in [9.17, 15) is 0 Å². The van der Waals surface area contributed by atoms with Crippen molar-refractivity contribution in [3.05, 3.63) is 35.4 Å². The third kappa shape index (κ3) is 7.37. The van der Waals surface area contributed by atoms with Gasteiger partial charge in [-0.05, 0) is 32.4 Å². The minimum absolute atomic E-state index is 0.632. The van der Waals surface area contributed by atoms with Gasteiger partial charge in [0.1, 0.15) is 0 Å². The standard InChI is InChI=1S/C18H31N/c1-4-5-6-7-8-9-13-18(19-3)15-17-12-10-11-16(2)14-17/h10-12,14,18-19H,4-9,13,15H2,1-3H3. The fourth-order valence-corrected chi connectivity index (χ4v) is 2.64. The molecule has 0 amide bonds. The lowest BCUT2D eigenvalue weighted by Gasteiger charge is -2.16. The van der Waals surface area contributed by atoms with Crippen LogP contribution in [0, 0.1) is 6.92 Å². The average Bonchev–Trinajstić information content (AvgIpc) is 2.41. The van der Waals surface area contributed by atoms with Gasteiger partial charge in [0.05, 0.1) is 0 Å². The molecule has 1 aromatic carbocycles. The first-order chi connectivity index (χ1) is 9.26. The molecule has 0 heterocycles. The van der Waals surface area contributed by atoms with E-state index in [-0.39, 0.29) is 0 Å². The average molecular weight is 261 g/mol. The SMILES string of the molecule is CCCCCCCCC(Cc1cccc(C)c1)NC. The highest BCUT2D eigenvalue weighted by atomic mass is 14.9. The van der Waals surface area contributed by atoms with Crippen molar-refractivity contribution in [2.75, 3.05) is 7.05 Å². The van der Waals surface area contributed by atoms with Crippen molar-refractivity contribution in [3.63, 3.8) is 0 Å². The molecule has 0 radical (unpaired) electrons. The Bertz CT molecular complexity index is 332. The topological polar surface area (TPSA) is 12.0 Å². The second kappa shape index (κ2) is 10.0. The zero-order chi connectivity index (χ0) is 13.9. The van der Waals surface area contributed by atoms with E-state index in [1.165, 1.54) is 56.1 Å². The number of benzene rings is 1. The van der Waals surface area contributed by atoms with Crippen molar-refractivity contribution >= 4 is 0 Å². The Morgan fingerprint density at radius 3 is 2.47 bits per heavy atom. The Labute approximate surface area is 119 Å². The molecule has 1 unspecified atom stereocenters. The van der Waals surface area contributed by atoms with Crippen LogP contribution in [0.3, 0.4) is 0 Å². The molecule has 19 heavy (non-hydrogen) atoms. The van der Waals surface area contributed by atoms with Crippen LogP contribution in [0.2, 0.25) is 0 Å². The van der Waals surface area contributed by atoms with Gasteiger partial charge in [-0.1, -0.05) is 75.3 Å². The predicted octanol–water partition coefficient (Wildman–Crippen LogP) is 4.88. The fraction of sp³-hybridized carbons (Fsp3) is 0.667. The number of hydrogen-bond acceptors (Lipinski definition) is 1. The van der Waals surface area contributed by atoms with Gasteiger partial charge < -0.3 is 5.32 Å². The summed E-state index contributed by atoms with van der Waals surface area (Å²) in [7, 11) is 2.09. The maximum absolute atomic E-state index is 3.47. The number of hydrogen-bond donors (Lipinski definition) is 1. The third-order valence-corrected chi connectivity index (χ3v) is 3.88. The van der Waals surface area contributed by atoms with E-state index in [1.807, 2.05) is 0 Å². The highest BCUT2D eigenvalue weighted by molar-refractivity contribution is 5.22. The van der Waals surface area contributed by atoms with Crippen LogP contribution in [0.25, 0.3) is 0 Å². The predicted molar refractivity (Wildman–Crippen MR) is 85.7 cm³/mol. The maximum Gasteiger partial charge on any atom is 0.0104 e. The van der Waals surface area contributed by atoms with Crippen LogP contribution in [0.15, 0.2) is 24.3 Å². The molecule has 0 aromatic heterocycles. The van der Waals surface area contributed by atoms with Crippen molar-refractivity contribution in [1.82, 2.24) is 5.32 Å². The zero-order valence-electron chi connectivity index (χ0n) is 13.0. The summed E-state index contributed by atoms with van der Waals surface area (Å²) in [6.07, 6.45) is 10.8. The molecule has 0 bridgehead atoms. The lowest BCUT2D eigenvalue weighted by atomic mass is 9.99.